The number of hydrogen-bond donors (Lipinski definition) is 1. The molecule has 0 aliphatic carbocycles. The van der Waals surface area contributed by atoms with E-state index in [-0.39, 0.29) is 0 Å². The maximum Gasteiger partial charge on any atom is 0.297 e. The average molecular weight is 205 g/mol. The van der Waals surface area contributed by atoms with E-state index in [1.807, 2.05) is 36.7 Å². The molecule has 1 heterocycles. The Kier molecular flexibility index (Phi) is 2.60. The summed E-state index contributed by atoms with van der Waals surface area (Å²) in [6, 6.07) is 6.69. The molecule has 2 rings (SSSR count). The van der Waals surface area contributed by atoms with E-state index in [9.17, 15) is 0 Å². The van der Waals surface area contributed by atoms with E-state index in [1.165, 1.54) is 0 Å². The summed E-state index contributed by atoms with van der Waals surface area (Å²) in [6.07, 6.45) is 0. The van der Waals surface area contributed by atoms with Crippen molar-refractivity contribution in [2.24, 2.45) is 12.8 Å². The molecule has 0 amide bonds. The van der Waals surface area contributed by atoms with Crippen LogP contribution in [0.2, 0.25) is 0 Å². The van der Waals surface area contributed by atoms with E-state index < -0.39 is 0 Å². The van der Waals surface area contributed by atoms with Crippen LogP contribution in [0.1, 0.15) is 12.5 Å². The van der Waals surface area contributed by atoms with Crippen LogP contribution in [0.4, 0.5) is 0 Å². The van der Waals surface area contributed by atoms with E-state index in [1.54, 1.807) is 0 Å². The van der Waals surface area contributed by atoms with Crippen LogP contribution in [-0.4, -0.2) is 16.2 Å². The second-order valence-corrected chi connectivity index (χ2v) is 3.41. The van der Waals surface area contributed by atoms with Crippen molar-refractivity contribution >= 4 is 11.0 Å². The van der Waals surface area contributed by atoms with Gasteiger partial charge in [-0.2, -0.15) is 4.98 Å². The lowest BCUT2D eigenvalue weighted by molar-refractivity contribution is 0.304. The predicted octanol–water partition coefficient (Wildman–Crippen LogP) is 1.43. The van der Waals surface area contributed by atoms with Crippen LogP contribution < -0.4 is 10.5 Å². The van der Waals surface area contributed by atoms with Gasteiger partial charge in [0.1, 0.15) is 0 Å². The largest absolute Gasteiger partial charge is 0.465 e. The van der Waals surface area contributed by atoms with Crippen LogP contribution in [0.3, 0.4) is 0 Å². The normalized spacial score (nSPS) is 10.9. The number of benzene rings is 1. The van der Waals surface area contributed by atoms with E-state index >= 15 is 0 Å². The van der Waals surface area contributed by atoms with E-state index in [4.69, 9.17) is 10.5 Å². The van der Waals surface area contributed by atoms with Gasteiger partial charge in [-0.3, -0.25) is 4.57 Å². The summed E-state index contributed by atoms with van der Waals surface area (Å²) in [4.78, 5) is 4.40. The van der Waals surface area contributed by atoms with Crippen LogP contribution in [-0.2, 0) is 13.6 Å². The van der Waals surface area contributed by atoms with Crippen molar-refractivity contribution in [1.82, 2.24) is 9.55 Å². The molecule has 1 aromatic heterocycles. The summed E-state index contributed by atoms with van der Waals surface area (Å²) < 4.78 is 7.36. The number of ether oxygens (including phenoxy) is 1. The van der Waals surface area contributed by atoms with Crippen molar-refractivity contribution in [3.05, 3.63) is 23.8 Å². The first-order chi connectivity index (χ1) is 7.26. The SMILES string of the molecule is CCOc1nc2cc(CN)ccc2n1C. The van der Waals surface area contributed by atoms with Gasteiger partial charge in [0.2, 0.25) is 0 Å². The van der Waals surface area contributed by atoms with Gasteiger partial charge >= 0.3 is 0 Å². The van der Waals surface area contributed by atoms with Gasteiger partial charge in [0, 0.05) is 13.6 Å². The molecule has 2 N–H and O–H groups in total. The van der Waals surface area contributed by atoms with Crippen LogP contribution in [0, 0.1) is 0 Å². The predicted molar refractivity (Wildman–Crippen MR) is 59.8 cm³/mol. The summed E-state index contributed by atoms with van der Waals surface area (Å²) in [5.74, 6) is 0. The molecule has 1 aromatic carbocycles. The number of nitrogens with two attached hydrogens (primary N) is 1. The Hall–Kier alpha value is -1.55. The van der Waals surface area contributed by atoms with E-state index in [0.717, 1.165) is 16.6 Å². The summed E-state index contributed by atoms with van der Waals surface area (Å²) in [5.41, 5.74) is 8.66. The second kappa shape index (κ2) is 3.90. The number of aryl methyl sites for hydroxylation is 1. The molecule has 0 saturated heterocycles. The van der Waals surface area contributed by atoms with Crippen molar-refractivity contribution in [1.29, 1.82) is 0 Å². The molecular formula is C11H15N3O. The highest BCUT2D eigenvalue weighted by Crippen LogP contribution is 2.20. The smallest absolute Gasteiger partial charge is 0.297 e. The Balaban J connectivity index is 2.55. The fourth-order valence-electron chi connectivity index (χ4n) is 1.61. The minimum Gasteiger partial charge on any atom is -0.465 e. The van der Waals surface area contributed by atoms with Gasteiger partial charge in [-0.15, -0.1) is 0 Å². The van der Waals surface area contributed by atoms with Gasteiger partial charge in [-0.25, -0.2) is 0 Å². The molecule has 0 fully saturated rings. The maximum atomic E-state index is 5.58. The summed E-state index contributed by atoms with van der Waals surface area (Å²) in [5, 5.41) is 0. The van der Waals surface area contributed by atoms with Gasteiger partial charge < -0.3 is 10.5 Å². The van der Waals surface area contributed by atoms with Crippen molar-refractivity contribution < 1.29 is 4.74 Å². The first-order valence-electron chi connectivity index (χ1n) is 5.04. The quantitative estimate of drug-likeness (QED) is 0.824. The Morgan fingerprint density at radius 3 is 2.93 bits per heavy atom. The minimum atomic E-state index is 0.538. The Labute approximate surface area is 88.7 Å². The fourth-order valence-corrected chi connectivity index (χ4v) is 1.61. The lowest BCUT2D eigenvalue weighted by atomic mass is 10.2. The van der Waals surface area contributed by atoms with E-state index in [2.05, 4.69) is 4.98 Å². The zero-order valence-electron chi connectivity index (χ0n) is 9.03. The molecule has 0 aliphatic rings. The number of imidazole rings is 1. The molecule has 0 atom stereocenters. The van der Waals surface area contributed by atoms with E-state index in [0.29, 0.717) is 19.2 Å². The minimum absolute atomic E-state index is 0.538. The second-order valence-electron chi connectivity index (χ2n) is 3.41. The highest BCUT2D eigenvalue weighted by atomic mass is 16.5. The molecule has 0 saturated carbocycles. The number of hydrogen-bond acceptors (Lipinski definition) is 3. The molecule has 4 nitrogen and oxygen atoms in total. The molecule has 80 valence electrons. The lowest BCUT2D eigenvalue weighted by Crippen LogP contribution is -1.98. The van der Waals surface area contributed by atoms with Crippen molar-refractivity contribution in [2.75, 3.05) is 6.61 Å². The monoisotopic (exact) mass is 205 g/mol. The Bertz CT molecular complexity index is 476. The lowest BCUT2D eigenvalue weighted by Gasteiger charge is -2.01. The Morgan fingerprint density at radius 1 is 1.47 bits per heavy atom. The van der Waals surface area contributed by atoms with Gasteiger partial charge in [0.25, 0.3) is 6.01 Å². The third kappa shape index (κ3) is 1.68. The zero-order chi connectivity index (χ0) is 10.8. The van der Waals surface area contributed by atoms with Crippen LogP contribution >= 0.6 is 0 Å². The first kappa shape index (κ1) is 9.98. The highest BCUT2D eigenvalue weighted by Gasteiger charge is 2.07. The van der Waals surface area contributed by atoms with Crippen molar-refractivity contribution in [3.8, 4) is 6.01 Å². The molecule has 4 heteroatoms. The van der Waals surface area contributed by atoms with Crippen LogP contribution in [0.25, 0.3) is 11.0 Å². The topological polar surface area (TPSA) is 53.1 Å². The van der Waals surface area contributed by atoms with Gasteiger partial charge in [-0.05, 0) is 24.6 Å². The summed E-state index contributed by atoms with van der Waals surface area (Å²) >= 11 is 0. The van der Waals surface area contributed by atoms with Crippen LogP contribution in [0.15, 0.2) is 18.2 Å². The molecule has 2 aromatic rings. The number of rotatable bonds is 3. The highest BCUT2D eigenvalue weighted by molar-refractivity contribution is 5.77. The zero-order valence-corrected chi connectivity index (χ0v) is 9.03. The molecule has 0 radical (unpaired) electrons. The molecule has 0 unspecified atom stereocenters. The van der Waals surface area contributed by atoms with Gasteiger partial charge in [0.05, 0.1) is 17.6 Å². The molecule has 0 spiro atoms. The third-order valence-corrected chi connectivity index (χ3v) is 2.41. The molecule has 0 bridgehead atoms. The molecule has 0 aliphatic heterocycles. The molecule has 15 heavy (non-hydrogen) atoms. The number of fused-ring (bicyclic) bond motifs is 1. The fraction of sp³-hybridized carbons (Fsp3) is 0.364. The van der Waals surface area contributed by atoms with Gasteiger partial charge in [0.15, 0.2) is 0 Å². The van der Waals surface area contributed by atoms with Gasteiger partial charge in [-0.1, -0.05) is 6.07 Å². The summed E-state index contributed by atoms with van der Waals surface area (Å²) in [7, 11) is 1.95. The first-order valence-corrected chi connectivity index (χ1v) is 5.04. The van der Waals surface area contributed by atoms with Crippen molar-refractivity contribution in [2.45, 2.75) is 13.5 Å². The summed E-state index contributed by atoms with van der Waals surface area (Å²) in [6.45, 7) is 3.11. The third-order valence-electron chi connectivity index (χ3n) is 2.41. The average Bonchev–Trinajstić information content (AvgIpc) is 2.56. The van der Waals surface area contributed by atoms with Crippen molar-refractivity contribution in [3.63, 3.8) is 0 Å². The standard InChI is InChI=1S/C11H15N3O/c1-3-15-11-13-9-6-8(7-12)4-5-10(9)14(11)2/h4-6H,3,7,12H2,1-2H3. The number of aromatic nitrogens is 2. The maximum absolute atomic E-state index is 5.58. The van der Waals surface area contributed by atoms with Crippen LogP contribution in [0.5, 0.6) is 6.01 Å². The number of nitrogens with zero attached hydrogens (tertiary/aromatic N) is 2. The Morgan fingerprint density at radius 2 is 2.27 bits per heavy atom. The molecular weight excluding hydrogens is 190 g/mol.